The molecule has 0 saturated carbocycles. The Bertz CT molecular complexity index is 395. The predicted octanol–water partition coefficient (Wildman–Crippen LogP) is 0.546. The fraction of sp³-hybridized carbons (Fsp3) is 0.667. The van der Waals surface area contributed by atoms with E-state index in [9.17, 15) is 4.79 Å². The van der Waals surface area contributed by atoms with Crippen LogP contribution in [0.25, 0.3) is 0 Å². The lowest BCUT2D eigenvalue weighted by molar-refractivity contribution is -0.124. The van der Waals surface area contributed by atoms with Gasteiger partial charge in [-0.25, -0.2) is 0 Å². The third-order valence-electron chi connectivity index (χ3n) is 2.64. The van der Waals surface area contributed by atoms with Crippen LogP contribution in [0.3, 0.4) is 0 Å². The second-order valence-electron chi connectivity index (χ2n) is 5.38. The van der Waals surface area contributed by atoms with E-state index in [0.29, 0.717) is 13.2 Å². The van der Waals surface area contributed by atoms with Gasteiger partial charge in [-0.05, 0) is 11.5 Å². The number of amides is 1. The largest absolute Gasteiger partial charge is 0.378 e. The number of carbonyl (C=O) groups excluding carboxylic acids is 1. The van der Waals surface area contributed by atoms with Crippen LogP contribution in [0, 0.1) is 5.41 Å². The Kier molecular flexibility index (Phi) is 4.86. The van der Waals surface area contributed by atoms with Crippen molar-refractivity contribution in [2.75, 3.05) is 7.11 Å². The molecular weight excluding hydrogens is 232 g/mol. The van der Waals surface area contributed by atoms with E-state index in [1.54, 1.807) is 7.11 Å². The minimum absolute atomic E-state index is 0.162. The maximum atomic E-state index is 11.8. The molecule has 0 fully saturated rings. The second kappa shape index (κ2) is 5.97. The van der Waals surface area contributed by atoms with Crippen LogP contribution in [-0.2, 0) is 22.7 Å². The van der Waals surface area contributed by atoms with Gasteiger partial charge in [0, 0.05) is 7.11 Å². The molecule has 0 aliphatic rings. The summed E-state index contributed by atoms with van der Waals surface area (Å²) in [4.78, 5) is 11.8. The Labute approximate surface area is 107 Å². The molecule has 0 saturated heterocycles. The Balaban J connectivity index is 2.47. The lowest BCUT2D eigenvalue weighted by Gasteiger charge is -2.25. The summed E-state index contributed by atoms with van der Waals surface area (Å²) in [5.41, 5.74) is 7.24. The molecule has 1 aromatic rings. The Morgan fingerprint density at radius 2 is 2.28 bits per heavy atom. The van der Waals surface area contributed by atoms with Gasteiger partial charge in [0.25, 0.3) is 0 Å². The van der Waals surface area contributed by atoms with Crippen LogP contribution in [0.2, 0.25) is 0 Å². The van der Waals surface area contributed by atoms with Gasteiger partial charge >= 0.3 is 0 Å². The van der Waals surface area contributed by atoms with E-state index in [1.807, 2.05) is 26.8 Å². The number of carbonyl (C=O) groups is 1. The van der Waals surface area contributed by atoms with Crippen LogP contribution in [0.15, 0.2) is 6.07 Å². The minimum atomic E-state index is -0.529. The van der Waals surface area contributed by atoms with Crippen molar-refractivity contribution in [3.63, 3.8) is 0 Å². The van der Waals surface area contributed by atoms with E-state index in [-0.39, 0.29) is 11.3 Å². The number of hydrogen-bond donors (Lipinski definition) is 3. The number of nitrogens with one attached hydrogen (secondary N) is 2. The number of aromatic nitrogens is 2. The summed E-state index contributed by atoms with van der Waals surface area (Å²) >= 11 is 0. The van der Waals surface area contributed by atoms with Gasteiger partial charge in [0.15, 0.2) is 0 Å². The zero-order valence-corrected chi connectivity index (χ0v) is 11.4. The second-order valence-corrected chi connectivity index (χ2v) is 5.38. The quantitative estimate of drug-likeness (QED) is 0.715. The third kappa shape index (κ3) is 4.12. The maximum absolute atomic E-state index is 11.8. The van der Waals surface area contributed by atoms with Crippen molar-refractivity contribution in [2.24, 2.45) is 11.1 Å². The van der Waals surface area contributed by atoms with Gasteiger partial charge in [-0.1, -0.05) is 20.8 Å². The molecule has 1 amide bonds. The van der Waals surface area contributed by atoms with Crippen LogP contribution in [0.5, 0.6) is 0 Å². The van der Waals surface area contributed by atoms with Gasteiger partial charge in [-0.15, -0.1) is 0 Å². The zero-order valence-electron chi connectivity index (χ0n) is 11.4. The van der Waals surface area contributed by atoms with Gasteiger partial charge in [0.05, 0.1) is 30.6 Å². The van der Waals surface area contributed by atoms with Crippen LogP contribution in [-0.4, -0.2) is 29.3 Å². The number of hydrogen-bond acceptors (Lipinski definition) is 4. The number of aromatic amines is 1. The molecule has 1 aromatic heterocycles. The number of ether oxygens (including phenoxy) is 1. The standard InChI is InChI=1S/C12H22N4O2/c1-12(2,3)10(13)11(17)14-6-8-5-9(7-18-4)16-15-8/h5,10H,6-7,13H2,1-4H3,(H,14,17)(H,15,16)/t10-/m1/s1. The fourth-order valence-electron chi connectivity index (χ4n) is 1.41. The highest BCUT2D eigenvalue weighted by Gasteiger charge is 2.27. The van der Waals surface area contributed by atoms with Gasteiger partial charge < -0.3 is 15.8 Å². The van der Waals surface area contributed by atoms with E-state index >= 15 is 0 Å². The smallest absolute Gasteiger partial charge is 0.237 e. The summed E-state index contributed by atoms with van der Waals surface area (Å²) in [5, 5.41) is 9.67. The highest BCUT2D eigenvalue weighted by Crippen LogP contribution is 2.17. The Morgan fingerprint density at radius 3 is 2.83 bits per heavy atom. The van der Waals surface area contributed by atoms with Gasteiger partial charge in [0.1, 0.15) is 0 Å². The van der Waals surface area contributed by atoms with Crippen LogP contribution < -0.4 is 11.1 Å². The van der Waals surface area contributed by atoms with Gasteiger partial charge in [0.2, 0.25) is 5.91 Å². The molecule has 0 unspecified atom stereocenters. The zero-order chi connectivity index (χ0) is 13.8. The lowest BCUT2D eigenvalue weighted by atomic mass is 9.87. The molecule has 0 aromatic carbocycles. The topological polar surface area (TPSA) is 93.0 Å². The molecule has 1 atom stereocenters. The highest BCUT2D eigenvalue weighted by atomic mass is 16.5. The number of H-pyrrole nitrogens is 1. The van der Waals surface area contributed by atoms with Gasteiger partial charge in [-0.2, -0.15) is 5.10 Å². The SMILES string of the molecule is COCc1cc(CNC(=O)[C@@H](N)C(C)(C)C)[nH]n1. The fourth-order valence-corrected chi connectivity index (χ4v) is 1.41. The molecule has 0 aliphatic carbocycles. The molecule has 18 heavy (non-hydrogen) atoms. The minimum Gasteiger partial charge on any atom is -0.378 e. The number of methoxy groups -OCH3 is 1. The highest BCUT2D eigenvalue weighted by molar-refractivity contribution is 5.82. The van der Waals surface area contributed by atoms with E-state index in [4.69, 9.17) is 10.5 Å². The van der Waals surface area contributed by atoms with E-state index in [1.165, 1.54) is 0 Å². The predicted molar refractivity (Wildman–Crippen MR) is 68.6 cm³/mol. The molecule has 0 spiro atoms. The third-order valence-corrected chi connectivity index (χ3v) is 2.64. The molecule has 6 heteroatoms. The average Bonchev–Trinajstić information content (AvgIpc) is 2.72. The van der Waals surface area contributed by atoms with Crippen molar-refractivity contribution in [3.05, 3.63) is 17.5 Å². The van der Waals surface area contributed by atoms with E-state index in [0.717, 1.165) is 11.4 Å². The molecule has 102 valence electrons. The summed E-state index contributed by atoms with van der Waals surface area (Å²) in [6, 6.07) is 1.32. The van der Waals surface area contributed by atoms with Crippen molar-refractivity contribution in [3.8, 4) is 0 Å². The van der Waals surface area contributed by atoms with Crippen LogP contribution in [0.4, 0.5) is 0 Å². The molecule has 4 N–H and O–H groups in total. The Hall–Kier alpha value is -1.40. The molecule has 0 bridgehead atoms. The van der Waals surface area contributed by atoms with Crippen molar-refractivity contribution >= 4 is 5.91 Å². The van der Waals surface area contributed by atoms with Gasteiger partial charge in [-0.3, -0.25) is 9.89 Å². The molecule has 1 heterocycles. The number of nitrogens with zero attached hydrogens (tertiary/aromatic N) is 1. The monoisotopic (exact) mass is 254 g/mol. The summed E-state index contributed by atoms with van der Waals surface area (Å²) < 4.78 is 4.96. The first-order chi connectivity index (χ1) is 8.34. The van der Waals surface area contributed by atoms with Crippen molar-refractivity contribution < 1.29 is 9.53 Å². The Morgan fingerprint density at radius 1 is 1.61 bits per heavy atom. The first kappa shape index (κ1) is 14.7. The first-order valence-corrected chi connectivity index (χ1v) is 5.90. The maximum Gasteiger partial charge on any atom is 0.237 e. The van der Waals surface area contributed by atoms with E-state index < -0.39 is 6.04 Å². The molecule has 1 rings (SSSR count). The summed E-state index contributed by atoms with van der Waals surface area (Å²) in [6.45, 7) is 6.64. The van der Waals surface area contributed by atoms with Crippen molar-refractivity contribution in [1.82, 2.24) is 15.5 Å². The average molecular weight is 254 g/mol. The van der Waals surface area contributed by atoms with Crippen LogP contribution in [0.1, 0.15) is 32.2 Å². The molecule has 0 aliphatic heterocycles. The number of nitrogens with two attached hydrogens (primary N) is 1. The van der Waals surface area contributed by atoms with Crippen molar-refractivity contribution in [1.29, 1.82) is 0 Å². The molecule has 6 nitrogen and oxygen atoms in total. The van der Waals surface area contributed by atoms with E-state index in [2.05, 4.69) is 15.5 Å². The number of rotatable bonds is 5. The first-order valence-electron chi connectivity index (χ1n) is 5.90. The normalized spacial score (nSPS) is 13.4. The molecule has 0 radical (unpaired) electrons. The summed E-state index contributed by atoms with van der Waals surface area (Å²) in [5.74, 6) is -0.162. The summed E-state index contributed by atoms with van der Waals surface area (Å²) in [7, 11) is 1.61. The lowest BCUT2D eigenvalue weighted by Crippen LogP contribution is -2.48. The summed E-state index contributed by atoms with van der Waals surface area (Å²) in [6.07, 6.45) is 0. The van der Waals surface area contributed by atoms with Crippen molar-refractivity contribution in [2.45, 2.75) is 40.0 Å². The molecular formula is C12H22N4O2. The van der Waals surface area contributed by atoms with Crippen LogP contribution >= 0.6 is 0 Å².